The molecule has 2 aliphatic heterocycles. The van der Waals surface area contributed by atoms with Gasteiger partial charge in [-0.2, -0.15) is 0 Å². The number of fused-ring (bicyclic) bond motifs is 6. The molecule has 1 saturated heterocycles. The lowest BCUT2D eigenvalue weighted by Gasteiger charge is -2.31. The first-order valence-corrected chi connectivity index (χ1v) is 9.63. The van der Waals surface area contributed by atoms with Gasteiger partial charge in [0.25, 0.3) is 0 Å². The van der Waals surface area contributed by atoms with Gasteiger partial charge in [-0.15, -0.1) is 0 Å². The fourth-order valence-electron chi connectivity index (χ4n) is 4.63. The summed E-state index contributed by atoms with van der Waals surface area (Å²) in [7, 11) is 2.26. The van der Waals surface area contributed by atoms with Crippen LogP contribution in [0.4, 0.5) is 0 Å². The van der Waals surface area contributed by atoms with Crippen molar-refractivity contribution < 1.29 is 0 Å². The molecule has 0 N–H and O–H groups in total. The fraction of sp³-hybridized carbons (Fsp3) is 0.304. The molecule has 2 aromatic carbocycles. The van der Waals surface area contributed by atoms with E-state index < -0.39 is 0 Å². The molecule has 130 valence electrons. The molecule has 3 heterocycles. The molecule has 2 unspecified atom stereocenters. The van der Waals surface area contributed by atoms with Crippen molar-refractivity contribution in [3.8, 4) is 12.0 Å². The van der Waals surface area contributed by atoms with Crippen molar-refractivity contribution in [1.82, 2.24) is 9.47 Å². The average Bonchev–Trinajstić information content (AvgIpc) is 3.04. The maximum Gasteiger partial charge on any atom is 0.0619 e. The summed E-state index contributed by atoms with van der Waals surface area (Å²) >= 11 is 6.34. The topological polar surface area (TPSA) is 8.17 Å². The molecule has 3 heteroatoms. The quantitative estimate of drug-likeness (QED) is 0.503. The van der Waals surface area contributed by atoms with Crippen molar-refractivity contribution >= 4 is 22.5 Å². The Bertz CT molecular complexity index is 1070. The highest BCUT2D eigenvalue weighted by molar-refractivity contribution is 6.31. The van der Waals surface area contributed by atoms with Gasteiger partial charge in [0.1, 0.15) is 0 Å². The highest BCUT2D eigenvalue weighted by atomic mass is 35.5. The van der Waals surface area contributed by atoms with E-state index in [9.17, 15) is 0 Å². The van der Waals surface area contributed by atoms with Crippen LogP contribution in [0.1, 0.15) is 41.3 Å². The molecule has 1 fully saturated rings. The monoisotopic (exact) mass is 360 g/mol. The number of aromatic nitrogens is 1. The minimum Gasteiger partial charge on any atom is -0.296 e. The molecule has 26 heavy (non-hydrogen) atoms. The predicted octanol–water partition coefficient (Wildman–Crippen LogP) is 5.15. The Balaban J connectivity index is 1.72. The van der Waals surface area contributed by atoms with E-state index in [0.717, 1.165) is 17.0 Å². The molecule has 2 aliphatic rings. The number of hydrogen-bond acceptors (Lipinski definition) is 1. The summed E-state index contributed by atoms with van der Waals surface area (Å²) in [6, 6.07) is 19.2. The number of aryl methyl sites for hydroxylation is 1. The van der Waals surface area contributed by atoms with Crippen molar-refractivity contribution in [3.05, 3.63) is 69.9 Å². The van der Waals surface area contributed by atoms with Crippen LogP contribution in [0.15, 0.2) is 42.5 Å². The van der Waals surface area contributed by atoms with Crippen LogP contribution in [-0.4, -0.2) is 22.6 Å². The summed E-state index contributed by atoms with van der Waals surface area (Å²) in [5.41, 5.74) is 6.31. The molecular formula is C23H21ClN2. The lowest BCUT2D eigenvalue weighted by atomic mass is 9.97. The Kier molecular flexibility index (Phi) is 3.64. The minimum absolute atomic E-state index is 0.493. The zero-order chi connectivity index (χ0) is 17.8. The van der Waals surface area contributed by atoms with Gasteiger partial charge in [-0.25, -0.2) is 0 Å². The second-order valence-corrected chi connectivity index (χ2v) is 8.01. The second kappa shape index (κ2) is 5.91. The number of benzene rings is 2. The van der Waals surface area contributed by atoms with E-state index in [2.05, 4.69) is 71.8 Å². The highest BCUT2D eigenvalue weighted by Gasteiger charge is 2.40. The molecule has 2 atom stereocenters. The molecule has 0 amide bonds. The molecular weight excluding hydrogens is 340 g/mol. The van der Waals surface area contributed by atoms with Crippen LogP contribution < -0.4 is 0 Å². The van der Waals surface area contributed by atoms with Crippen LogP contribution in [-0.2, 0) is 6.42 Å². The first-order chi connectivity index (χ1) is 12.6. The fourth-order valence-corrected chi connectivity index (χ4v) is 4.80. The number of nitrogens with zero attached hydrogens (tertiary/aromatic N) is 2. The van der Waals surface area contributed by atoms with Gasteiger partial charge in [0.15, 0.2) is 0 Å². The first-order valence-electron chi connectivity index (χ1n) is 9.25. The lowest BCUT2D eigenvalue weighted by molar-refractivity contribution is 0.223. The van der Waals surface area contributed by atoms with Gasteiger partial charge in [0.05, 0.1) is 5.52 Å². The molecule has 0 spiro atoms. The van der Waals surface area contributed by atoms with Crippen molar-refractivity contribution in [3.63, 3.8) is 0 Å². The van der Waals surface area contributed by atoms with E-state index in [1.54, 1.807) is 0 Å². The molecule has 2 nitrogen and oxygen atoms in total. The largest absolute Gasteiger partial charge is 0.296 e. The van der Waals surface area contributed by atoms with Crippen LogP contribution >= 0.6 is 11.6 Å². The van der Waals surface area contributed by atoms with Crippen LogP contribution in [0.25, 0.3) is 10.9 Å². The van der Waals surface area contributed by atoms with Crippen LogP contribution in [0.5, 0.6) is 0 Å². The van der Waals surface area contributed by atoms with E-state index in [1.807, 2.05) is 6.07 Å². The third-order valence-electron chi connectivity index (χ3n) is 6.04. The summed E-state index contributed by atoms with van der Waals surface area (Å²) in [5, 5.41) is 2.06. The number of rotatable bonds is 0. The third kappa shape index (κ3) is 2.39. The van der Waals surface area contributed by atoms with Gasteiger partial charge in [-0.3, -0.25) is 9.47 Å². The number of hydrogen-bond donors (Lipinski definition) is 0. The Morgan fingerprint density at radius 2 is 1.88 bits per heavy atom. The van der Waals surface area contributed by atoms with E-state index in [0.29, 0.717) is 12.1 Å². The molecule has 2 bridgehead atoms. The maximum absolute atomic E-state index is 6.34. The molecule has 5 rings (SSSR count). The number of halogens is 1. The summed E-state index contributed by atoms with van der Waals surface area (Å²) in [6.07, 6.45) is 3.56. The third-order valence-corrected chi connectivity index (χ3v) is 6.27. The average molecular weight is 361 g/mol. The van der Waals surface area contributed by atoms with Gasteiger partial charge >= 0.3 is 0 Å². The summed E-state index contributed by atoms with van der Waals surface area (Å²) in [5.74, 6) is 3.36. The Morgan fingerprint density at radius 1 is 1.08 bits per heavy atom. The Labute approximate surface area is 159 Å². The molecule has 0 aliphatic carbocycles. The van der Waals surface area contributed by atoms with E-state index in [1.165, 1.54) is 40.6 Å². The zero-order valence-corrected chi connectivity index (χ0v) is 15.8. The predicted molar refractivity (Wildman–Crippen MR) is 108 cm³/mol. The van der Waals surface area contributed by atoms with Crippen molar-refractivity contribution in [2.24, 2.45) is 0 Å². The van der Waals surface area contributed by atoms with Crippen LogP contribution in [0.2, 0.25) is 5.02 Å². The van der Waals surface area contributed by atoms with Gasteiger partial charge in [0, 0.05) is 46.2 Å². The molecule has 0 saturated carbocycles. The van der Waals surface area contributed by atoms with Gasteiger partial charge in [-0.1, -0.05) is 29.3 Å². The van der Waals surface area contributed by atoms with Crippen molar-refractivity contribution in [2.75, 3.05) is 7.05 Å². The van der Waals surface area contributed by atoms with Crippen LogP contribution in [0.3, 0.4) is 0 Å². The molecule has 3 aromatic rings. The molecule has 1 aromatic heterocycles. The zero-order valence-electron chi connectivity index (χ0n) is 15.1. The minimum atomic E-state index is 0.493. The second-order valence-electron chi connectivity index (χ2n) is 7.58. The van der Waals surface area contributed by atoms with Gasteiger partial charge < -0.3 is 0 Å². The molecule has 0 radical (unpaired) electrons. The van der Waals surface area contributed by atoms with Gasteiger partial charge in [-0.05, 0) is 68.6 Å². The standard InChI is InChI=1S/C23H21ClN2/c1-15-3-5-16(6-4-15)11-12-26-20-9-7-17(24)13-19(20)23-21-10-8-18(25(21)2)14-22(23)26/h3-7,9,13,18,21H,8,10,14H2,1-2H3. The van der Waals surface area contributed by atoms with Gasteiger partial charge in [0.2, 0.25) is 0 Å². The summed E-state index contributed by atoms with van der Waals surface area (Å²) in [6.45, 7) is 2.10. The Hall–Kier alpha value is -2.21. The maximum atomic E-state index is 6.34. The van der Waals surface area contributed by atoms with E-state index >= 15 is 0 Å². The lowest BCUT2D eigenvalue weighted by Crippen LogP contribution is -2.34. The smallest absolute Gasteiger partial charge is 0.0619 e. The first kappa shape index (κ1) is 16.0. The van der Waals surface area contributed by atoms with E-state index in [4.69, 9.17) is 11.6 Å². The SMILES string of the molecule is Cc1ccc(C#Cn2c3c(c4cc(Cl)ccc42)C2CCC(C3)N2C)cc1. The number of likely N-dealkylation sites (N-methyl/N-ethyl adjacent to an activating group) is 1. The normalized spacial score (nSPS) is 21.5. The Morgan fingerprint density at radius 3 is 2.69 bits per heavy atom. The van der Waals surface area contributed by atoms with Crippen molar-refractivity contribution in [1.29, 1.82) is 0 Å². The highest BCUT2D eigenvalue weighted by Crippen LogP contribution is 2.46. The summed E-state index contributed by atoms with van der Waals surface area (Å²) in [4.78, 5) is 2.54. The summed E-state index contributed by atoms with van der Waals surface area (Å²) < 4.78 is 2.22. The van der Waals surface area contributed by atoms with Crippen LogP contribution in [0, 0.1) is 18.9 Å². The van der Waals surface area contributed by atoms with E-state index in [-0.39, 0.29) is 0 Å². The van der Waals surface area contributed by atoms with Crippen molar-refractivity contribution in [2.45, 2.75) is 38.3 Å².